The Bertz CT molecular complexity index is 1180. The zero-order chi connectivity index (χ0) is 23.5. The predicted octanol–water partition coefficient (Wildman–Crippen LogP) is 3.34. The first-order valence-corrected chi connectivity index (χ1v) is 12.0. The quantitative estimate of drug-likeness (QED) is 0.502. The molecule has 0 spiro atoms. The number of benzene rings is 2. The van der Waals surface area contributed by atoms with E-state index in [1.807, 2.05) is 11.0 Å². The van der Waals surface area contributed by atoms with Crippen molar-refractivity contribution in [1.82, 2.24) is 14.5 Å². The van der Waals surface area contributed by atoms with Gasteiger partial charge < -0.3 is 23.8 Å². The van der Waals surface area contributed by atoms with Crippen LogP contribution in [0.15, 0.2) is 42.5 Å². The highest BCUT2D eigenvalue weighted by molar-refractivity contribution is 5.94. The van der Waals surface area contributed by atoms with E-state index in [4.69, 9.17) is 14.5 Å². The van der Waals surface area contributed by atoms with Gasteiger partial charge in [0.1, 0.15) is 5.82 Å². The first kappa shape index (κ1) is 22.4. The van der Waals surface area contributed by atoms with Gasteiger partial charge in [-0.25, -0.2) is 9.78 Å². The molecule has 2 aromatic carbocycles. The zero-order valence-electron chi connectivity index (χ0n) is 19.5. The summed E-state index contributed by atoms with van der Waals surface area (Å²) in [4.78, 5) is 33.6. The topological polar surface area (TPSA) is 76.9 Å². The Morgan fingerprint density at radius 1 is 1.06 bits per heavy atom. The van der Waals surface area contributed by atoms with E-state index in [0.29, 0.717) is 31.7 Å². The maximum Gasteiger partial charge on any atom is 0.338 e. The molecule has 178 valence electrons. The van der Waals surface area contributed by atoms with Gasteiger partial charge in [-0.05, 0) is 55.8 Å². The zero-order valence-corrected chi connectivity index (χ0v) is 19.5. The van der Waals surface area contributed by atoms with Gasteiger partial charge in [-0.2, -0.15) is 0 Å². The van der Waals surface area contributed by atoms with Crippen molar-refractivity contribution in [2.75, 3.05) is 50.9 Å². The SMILES string of the molecule is CCOC(=O)c1ccc2c(c1)nc(-c1ccc(N3CCOCC3)cc1)n2CCN1CCCC1=O. The molecule has 3 heterocycles. The summed E-state index contributed by atoms with van der Waals surface area (Å²) in [5.74, 6) is 0.694. The Hall–Kier alpha value is -3.39. The van der Waals surface area contributed by atoms with Crippen LogP contribution in [0.3, 0.4) is 0 Å². The lowest BCUT2D eigenvalue weighted by atomic mass is 10.1. The van der Waals surface area contributed by atoms with Crippen LogP contribution in [0.4, 0.5) is 5.69 Å². The van der Waals surface area contributed by atoms with Gasteiger partial charge in [0.2, 0.25) is 5.91 Å². The maximum absolute atomic E-state index is 12.3. The second-order valence-corrected chi connectivity index (χ2v) is 8.64. The van der Waals surface area contributed by atoms with Gasteiger partial charge in [-0.15, -0.1) is 0 Å². The lowest BCUT2D eigenvalue weighted by Gasteiger charge is -2.28. The monoisotopic (exact) mass is 462 g/mol. The van der Waals surface area contributed by atoms with Crippen LogP contribution in [0.5, 0.6) is 0 Å². The number of fused-ring (bicyclic) bond motifs is 1. The lowest BCUT2D eigenvalue weighted by molar-refractivity contribution is -0.127. The van der Waals surface area contributed by atoms with Crippen molar-refractivity contribution in [2.24, 2.45) is 0 Å². The summed E-state index contributed by atoms with van der Waals surface area (Å²) < 4.78 is 12.8. The molecule has 2 aliphatic rings. The van der Waals surface area contributed by atoms with Crippen LogP contribution in [0.1, 0.15) is 30.1 Å². The Morgan fingerprint density at radius 2 is 1.85 bits per heavy atom. The number of ether oxygens (including phenoxy) is 2. The number of anilines is 1. The summed E-state index contributed by atoms with van der Waals surface area (Å²) in [6, 6.07) is 13.9. The minimum atomic E-state index is -0.349. The molecular formula is C26H30N4O4. The molecule has 0 atom stereocenters. The van der Waals surface area contributed by atoms with Crippen molar-refractivity contribution >= 4 is 28.6 Å². The molecule has 1 aromatic heterocycles. The minimum Gasteiger partial charge on any atom is -0.462 e. The summed E-state index contributed by atoms with van der Waals surface area (Å²) in [6.45, 7) is 7.48. The number of imidazole rings is 1. The third-order valence-corrected chi connectivity index (χ3v) is 6.53. The molecule has 2 fully saturated rings. The van der Waals surface area contributed by atoms with Crippen LogP contribution in [-0.2, 0) is 20.8 Å². The van der Waals surface area contributed by atoms with E-state index >= 15 is 0 Å². The number of esters is 1. The molecule has 0 radical (unpaired) electrons. The predicted molar refractivity (Wildman–Crippen MR) is 130 cm³/mol. The van der Waals surface area contributed by atoms with Crippen LogP contribution in [0.2, 0.25) is 0 Å². The summed E-state index contributed by atoms with van der Waals surface area (Å²) in [7, 11) is 0. The highest BCUT2D eigenvalue weighted by Gasteiger charge is 2.22. The van der Waals surface area contributed by atoms with Crippen molar-refractivity contribution in [3.05, 3.63) is 48.0 Å². The standard InChI is InChI=1S/C26H30N4O4/c1-2-34-26(32)20-7-10-23-22(18-20)27-25(30(23)13-12-29-11-3-4-24(29)31)19-5-8-21(9-6-19)28-14-16-33-17-15-28/h5-10,18H,2-4,11-17H2,1H3. The number of carbonyl (C=O) groups is 2. The molecule has 3 aromatic rings. The van der Waals surface area contributed by atoms with Gasteiger partial charge in [0.05, 0.1) is 36.4 Å². The van der Waals surface area contributed by atoms with Crippen molar-refractivity contribution in [3.63, 3.8) is 0 Å². The molecule has 34 heavy (non-hydrogen) atoms. The molecule has 2 aliphatic heterocycles. The van der Waals surface area contributed by atoms with Gasteiger partial charge in [0.25, 0.3) is 0 Å². The molecule has 0 aliphatic carbocycles. The highest BCUT2D eigenvalue weighted by Crippen LogP contribution is 2.28. The summed E-state index contributed by atoms with van der Waals surface area (Å²) in [6.07, 6.45) is 1.55. The molecule has 0 bridgehead atoms. The Labute approximate surface area is 199 Å². The van der Waals surface area contributed by atoms with Crippen LogP contribution >= 0.6 is 0 Å². The normalized spacial score (nSPS) is 16.4. The molecule has 0 N–H and O–H groups in total. The van der Waals surface area contributed by atoms with E-state index in [9.17, 15) is 9.59 Å². The van der Waals surface area contributed by atoms with Crippen LogP contribution < -0.4 is 4.90 Å². The average molecular weight is 463 g/mol. The number of morpholine rings is 1. The largest absolute Gasteiger partial charge is 0.462 e. The number of rotatable bonds is 7. The van der Waals surface area contributed by atoms with Gasteiger partial charge >= 0.3 is 5.97 Å². The number of amides is 1. The van der Waals surface area contributed by atoms with E-state index in [1.54, 1.807) is 19.1 Å². The second kappa shape index (κ2) is 9.85. The molecule has 2 saturated heterocycles. The van der Waals surface area contributed by atoms with E-state index in [2.05, 4.69) is 33.7 Å². The van der Waals surface area contributed by atoms with Crippen LogP contribution in [0, 0.1) is 0 Å². The molecule has 5 rings (SSSR count). The van der Waals surface area contributed by atoms with Crippen molar-refractivity contribution < 1.29 is 19.1 Å². The fourth-order valence-corrected chi connectivity index (χ4v) is 4.72. The van der Waals surface area contributed by atoms with E-state index in [0.717, 1.165) is 61.7 Å². The average Bonchev–Trinajstić information content (AvgIpc) is 3.45. The number of nitrogens with zero attached hydrogens (tertiary/aromatic N) is 4. The van der Waals surface area contributed by atoms with Crippen LogP contribution in [0.25, 0.3) is 22.4 Å². The first-order valence-electron chi connectivity index (χ1n) is 12.0. The van der Waals surface area contributed by atoms with E-state index in [1.165, 1.54) is 5.69 Å². The van der Waals surface area contributed by atoms with Crippen LogP contribution in [-0.4, -0.2) is 72.3 Å². The van der Waals surface area contributed by atoms with Gasteiger partial charge in [0.15, 0.2) is 0 Å². The van der Waals surface area contributed by atoms with Crippen molar-refractivity contribution in [3.8, 4) is 11.4 Å². The second-order valence-electron chi connectivity index (χ2n) is 8.64. The molecular weight excluding hydrogens is 432 g/mol. The third-order valence-electron chi connectivity index (χ3n) is 6.53. The molecule has 8 heteroatoms. The fraction of sp³-hybridized carbons (Fsp3) is 0.423. The summed E-state index contributed by atoms with van der Waals surface area (Å²) in [5, 5.41) is 0. The number of likely N-dealkylation sites (tertiary alicyclic amines) is 1. The fourth-order valence-electron chi connectivity index (χ4n) is 4.72. The smallest absolute Gasteiger partial charge is 0.338 e. The summed E-state index contributed by atoms with van der Waals surface area (Å²) >= 11 is 0. The van der Waals surface area contributed by atoms with Gasteiger partial charge in [0, 0.05) is 50.4 Å². The molecule has 0 unspecified atom stereocenters. The molecule has 8 nitrogen and oxygen atoms in total. The number of aromatic nitrogens is 2. The van der Waals surface area contributed by atoms with Crippen molar-refractivity contribution in [1.29, 1.82) is 0 Å². The molecule has 1 amide bonds. The number of carbonyl (C=O) groups excluding carboxylic acids is 2. The Kier molecular flexibility index (Phi) is 6.49. The number of hydrogen-bond acceptors (Lipinski definition) is 6. The van der Waals surface area contributed by atoms with Crippen molar-refractivity contribution in [2.45, 2.75) is 26.3 Å². The van der Waals surface area contributed by atoms with Gasteiger partial charge in [-0.3, -0.25) is 4.79 Å². The van der Waals surface area contributed by atoms with Gasteiger partial charge in [-0.1, -0.05) is 0 Å². The summed E-state index contributed by atoms with van der Waals surface area (Å²) in [5.41, 5.74) is 4.33. The highest BCUT2D eigenvalue weighted by atomic mass is 16.5. The molecule has 0 saturated carbocycles. The third kappa shape index (κ3) is 4.50. The first-order chi connectivity index (χ1) is 16.6. The number of hydrogen-bond donors (Lipinski definition) is 0. The van der Waals surface area contributed by atoms with E-state index < -0.39 is 0 Å². The minimum absolute atomic E-state index is 0.213. The lowest BCUT2D eigenvalue weighted by Crippen LogP contribution is -2.36. The Balaban J connectivity index is 1.48. The Morgan fingerprint density at radius 3 is 2.56 bits per heavy atom. The van der Waals surface area contributed by atoms with E-state index in [-0.39, 0.29) is 11.9 Å². The maximum atomic E-state index is 12.3.